The van der Waals surface area contributed by atoms with E-state index in [4.69, 9.17) is 0 Å². The van der Waals surface area contributed by atoms with E-state index in [1.807, 2.05) is 0 Å². The van der Waals surface area contributed by atoms with E-state index in [2.05, 4.69) is 19.2 Å². The van der Waals surface area contributed by atoms with Gasteiger partial charge in [0.1, 0.15) is 0 Å². The standard InChI is InChI=1S/C16H28F3N/c1-11(2)14-8-3-4-9-15(14)20-13-7-5-6-12(10-13)16(17,18)19/h11-15,20H,3-10H2,1-2H3. The molecule has 1 N–H and O–H groups in total. The van der Waals surface area contributed by atoms with Crippen molar-refractivity contribution in [3.05, 3.63) is 0 Å². The van der Waals surface area contributed by atoms with Crippen molar-refractivity contribution in [1.29, 1.82) is 0 Å². The van der Waals surface area contributed by atoms with Crippen molar-refractivity contribution in [2.75, 3.05) is 0 Å². The number of alkyl halides is 3. The van der Waals surface area contributed by atoms with Gasteiger partial charge in [-0.2, -0.15) is 13.2 Å². The molecule has 2 saturated carbocycles. The number of rotatable bonds is 3. The molecule has 2 fully saturated rings. The van der Waals surface area contributed by atoms with E-state index < -0.39 is 12.1 Å². The highest BCUT2D eigenvalue weighted by molar-refractivity contribution is 4.89. The maximum atomic E-state index is 12.9. The minimum absolute atomic E-state index is 0.0692. The molecule has 4 heteroatoms. The van der Waals surface area contributed by atoms with Crippen LogP contribution in [0.5, 0.6) is 0 Å². The van der Waals surface area contributed by atoms with Crippen molar-refractivity contribution in [3.8, 4) is 0 Å². The Morgan fingerprint density at radius 2 is 1.65 bits per heavy atom. The summed E-state index contributed by atoms with van der Waals surface area (Å²) >= 11 is 0. The Balaban J connectivity index is 1.91. The van der Waals surface area contributed by atoms with Crippen molar-refractivity contribution in [2.24, 2.45) is 17.8 Å². The van der Waals surface area contributed by atoms with Gasteiger partial charge >= 0.3 is 6.18 Å². The molecule has 0 spiro atoms. The molecule has 4 unspecified atom stereocenters. The van der Waals surface area contributed by atoms with Crippen LogP contribution in [0.3, 0.4) is 0 Å². The Labute approximate surface area is 120 Å². The first-order valence-corrected chi connectivity index (χ1v) is 8.20. The maximum absolute atomic E-state index is 12.9. The molecule has 4 atom stereocenters. The summed E-state index contributed by atoms with van der Waals surface area (Å²) in [5, 5.41) is 3.59. The Bertz CT molecular complexity index is 301. The zero-order valence-corrected chi connectivity index (χ0v) is 12.7. The Morgan fingerprint density at radius 1 is 0.950 bits per heavy atom. The van der Waals surface area contributed by atoms with E-state index in [0.29, 0.717) is 30.7 Å². The average molecular weight is 291 g/mol. The third-order valence-corrected chi connectivity index (χ3v) is 5.26. The van der Waals surface area contributed by atoms with Gasteiger partial charge < -0.3 is 5.32 Å². The van der Waals surface area contributed by atoms with Gasteiger partial charge in [0.2, 0.25) is 0 Å². The Morgan fingerprint density at radius 3 is 2.30 bits per heavy atom. The van der Waals surface area contributed by atoms with E-state index in [-0.39, 0.29) is 12.5 Å². The van der Waals surface area contributed by atoms with Gasteiger partial charge in [-0.05, 0) is 43.9 Å². The molecule has 2 aliphatic carbocycles. The van der Waals surface area contributed by atoms with Crippen LogP contribution in [0.1, 0.15) is 65.2 Å². The number of nitrogens with one attached hydrogen (secondary N) is 1. The van der Waals surface area contributed by atoms with Crippen molar-refractivity contribution < 1.29 is 13.2 Å². The van der Waals surface area contributed by atoms with E-state index >= 15 is 0 Å². The molecule has 0 aromatic carbocycles. The third-order valence-electron chi connectivity index (χ3n) is 5.26. The maximum Gasteiger partial charge on any atom is 0.391 e. The van der Waals surface area contributed by atoms with Gasteiger partial charge in [-0.15, -0.1) is 0 Å². The molecule has 0 aliphatic heterocycles. The van der Waals surface area contributed by atoms with Crippen LogP contribution in [-0.4, -0.2) is 18.3 Å². The van der Waals surface area contributed by atoms with Crippen molar-refractivity contribution >= 4 is 0 Å². The lowest BCUT2D eigenvalue weighted by Crippen LogP contribution is -2.48. The molecule has 0 heterocycles. The summed E-state index contributed by atoms with van der Waals surface area (Å²) in [6.45, 7) is 4.48. The first-order chi connectivity index (χ1) is 9.38. The van der Waals surface area contributed by atoms with Crippen molar-refractivity contribution in [1.82, 2.24) is 5.32 Å². The summed E-state index contributed by atoms with van der Waals surface area (Å²) in [6, 6.07) is 0.500. The molecule has 0 saturated heterocycles. The Hall–Kier alpha value is -0.250. The van der Waals surface area contributed by atoms with Crippen LogP contribution >= 0.6 is 0 Å². The monoisotopic (exact) mass is 291 g/mol. The second-order valence-corrected chi connectivity index (χ2v) is 7.07. The average Bonchev–Trinajstić information content (AvgIpc) is 2.38. The highest BCUT2D eigenvalue weighted by Gasteiger charge is 2.42. The van der Waals surface area contributed by atoms with E-state index in [9.17, 15) is 13.2 Å². The van der Waals surface area contributed by atoms with Crippen LogP contribution in [0.25, 0.3) is 0 Å². The molecular weight excluding hydrogens is 263 g/mol. The molecule has 0 radical (unpaired) electrons. The van der Waals surface area contributed by atoms with Crippen LogP contribution in [0.2, 0.25) is 0 Å². The Kier molecular flexibility index (Phi) is 5.38. The number of hydrogen-bond acceptors (Lipinski definition) is 1. The van der Waals surface area contributed by atoms with Crippen LogP contribution in [0.4, 0.5) is 13.2 Å². The quantitative estimate of drug-likeness (QED) is 0.779. The second kappa shape index (κ2) is 6.67. The lowest BCUT2D eigenvalue weighted by Gasteiger charge is -2.40. The summed E-state index contributed by atoms with van der Waals surface area (Å²) in [5.41, 5.74) is 0. The minimum atomic E-state index is -4.01. The van der Waals surface area contributed by atoms with Crippen molar-refractivity contribution in [2.45, 2.75) is 83.5 Å². The summed E-state index contributed by atoms with van der Waals surface area (Å²) in [5.74, 6) is 0.166. The lowest BCUT2D eigenvalue weighted by molar-refractivity contribution is -0.184. The van der Waals surface area contributed by atoms with Gasteiger partial charge in [-0.25, -0.2) is 0 Å². The molecule has 0 aromatic heterocycles. The topological polar surface area (TPSA) is 12.0 Å². The summed E-state index contributed by atoms with van der Waals surface area (Å²) < 4.78 is 38.6. The summed E-state index contributed by atoms with van der Waals surface area (Å²) in [7, 11) is 0. The van der Waals surface area contributed by atoms with Gasteiger partial charge in [0.05, 0.1) is 5.92 Å². The second-order valence-electron chi connectivity index (χ2n) is 7.07. The first kappa shape index (κ1) is 16.1. The van der Waals surface area contributed by atoms with E-state index in [0.717, 1.165) is 12.8 Å². The third kappa shape index (κ3) is 4.12. The first-order valence-electron chi connectivity index (χ1n) is 8.20. The largest absolute Gasteiger partial charge is 0.391 e. The molecule has 0 amide bonds. The number of halogens is 3. The lowest BCUT2D eigenvalue weighted by atomic mass is 9.76. The normalized spacial score (nSPS) is 36.3. The number of hydrogen-bond donors (Lipinski definition) is 1. The molecule has 1 nitrogen and oxygen atoms in total. The van der Waals surface area contributed by atoms with Crippen LogP contribution in [0.15, 0.2) is 0 Å². The van der Waals surface area contributed by atoms with Gasteiger partial charge in [-0.1, -0.05) is 33.1 Å². The molecule has 0 bridgehead atoms. The smallest absolute Gasteiger partial charge is 0.311 e. The van der Waals surface area contributed by atoms with E-state index in [1.54, 1.807) is 0 Å². The summed E-state index contributed by atoms with van der Waals surface area (Å²) in [4.78, 5) is 0. The zero-order chi connectivity index (χ0) is 14.8. The van der Waals surface area contributed by atoms with Crippen LogP contribution < -0.4 is 5.32 Å². The van der Waals surface area contributed by atoms with Gasteiger partial charge in [0.15, 0.2) is 0 Å². The highest BCUT2D eigenvalue weighted by atomic mass is 19.4. The van der Waals surface area contributed by atoms with Gasteiger partial charge in [-0.3, -0.25) is 0 Å². The highest BCUT2D eigenvalue weighted by Crippen LogP contribution is 2.38. The van der Waals surface area contributed by atoms with Gasteiger partial charge in [0.25, 0.3) is 0 Å². The molecular formula is C16H28F3N. The van der Waals surface area contributed by atoms with E-state index in [1.165, 1.54) is 19.3 Å². The van der Waals surface area contributed by atoms with Crippen molar-refractivity contribution in [3.63, 3.8) is 0 Å². The zero-order valence-electron chi connectivity index (χ0n) is 12.7. The summed E-state index contributed by atoms with van der Waals surface area (Å²) in [6.07, 6.45) is 3.07. The van der Waals surface area contributed by atoms with Crippen LogP contribution in [-0.2, 0) is 0 Å². The molecule has 20 heavy (non-hydrogen) atoms. The van der Waals surface area contributed by atoms with Crippen LogP contribution in [0, 0.1) is 17.8 Å². The molecule has 2 aliphatic rings. The molecule has 118 valence electrons. The predicted molar refractivity (Wildman–Crippen MR) is 75.5 cm³/mol. The predicted octanol–water partition coefficient (Wildman–Crippen LogP) is 4.91. The SMILES string of the molecule is CC(C)C1CCCCC1NC1CCCC(C(F)(F)F)C1. The fourth-order valence-electron chi connectivity index (χ4n) is 4.11. The molecule has 0 aromatic rings. The molecule has 2 rings (SSSR count). The fourth-order valence-corrected chi connectivity index (χ4v) is 4.11. The minimum Gasteiger partial charge on any atom is -0.311 e. The van der Waals surface area contributed by atoms with Gasteiger partial charge in [0, 0.05) is 12.1 Å². The fraction of sp³-hybridized carbons (Fsp3) is 1.00.